The maximum absolute atomic E-state index is 14.2. The molecule has 11 nitrogen and oxygen atoms in total. The van der Waals surface area contributed by atoms with Gasteiger partial charge in [0, 0.05) is 49.2 Å². The molecule has 1 aromatic carbocycles. The molecule has 2 fully saturated rings. The molecule has 3 heterocycles. The molecule has 4 bridgehead atoms. The number of ether oxygens (including phenoxy) is 3. The first-order valence-electron chi connectivity index (χ1n) is 18.4. The number of esters is 1. The van der Waals surface area contributed by atoms with E-state index < -0.39 is 59.6 Å². The zero-order valence-electron chi connectivity index (χ0n) is 32.7. The van der Waals surface area contributed by atoms with Crippen LogP contribution in [0, 0.1) is 18.8 Å². The van der Waals surface area contributed by atoms with E-state index in [9.17, 15) is 24.3 Å². The van der Waals surface area contributed by atoms with E-state index >= 15 is 0 Å². The minimum absolute atomic E-state index is 0.0914. The summed E-state index contributed by atoms with van der Waals surface area (Å²) in [5.41, 5.74) is 2.30. The van der Waals surface area contributed by atoms with Crippen molar-refractivity contribution in [3.8, 4) is 0 Å². The Morgan fingerprint density at radius 1 is 1.23 bits per heavy atom. The van der Waals surface area contributed by atoms with Gasteiger partial charge in [0.05, 0.1) is 12.5 Å². The number of hydrogen-bond acceptors (Lipinski definition) is 9. The third-order valence-corrected chi connectivity index (χ3v) is 11.4. The number of thiol groups is 1. The largest absolute Gasteiger partial charge is 0.457 e. The first kappa shape index (κ1) is 41.4. The van der Waals surface area contributed by atoms with Gasteiger partial charge in [-0.05, 0) is 69.7 Å². The number of likely N-dealkylation sites (N-methyl/N-ethyl adjacent to an activating group) is 1. The lowest BCUT2D eigenvalue weighted by Crippen LogP contribution is -2.60. The van der Waals surface area contributed by atoms with Crippen LogP contribution in [0.2, 0.25) is 0 Å². The van der Waals surface area contributed by atoms with Gasteiger partial charge in [-0.2, -0.15) is 12.6 Å². The summed E-state index contributed by atoms with van der Waals surface area (Å²) < 4.78 is 17.8. The highest BCUT2D eigenvalue weighted by molar-refractivity contribution is 7.81. The summed E-state index contributed by atoms with van der Waals surface area (Å²) >= 11 is 4.52. The summed E-state index contributed by atoms with van der Waals surface area (Å²) in [6.45, 7) is 17.1. The zero-order valence-corrected chi connectivity index (χ0v) is 33.6. The average Bonchev–Trinajstić information content (AvgIpc) is 3.76. The molecule has 2 saturated heterocycles. The van der Waals surface area contributed by atoms with Crippen molar-refractivity contribution in [3.05, 3.63) is 52.6 Å². The van der Waals surface area contributed by atoms with Crippen LogP contribution < -0.4 is 10.2 Å². The molecule has 0 radical (unpaired) electrons. The van der Waals surface area contributed by atoms with E-state index in [1.807, 2.05) is 65.8 Å². The summed E-state index contributed by atoms with van der Waals surface area (Å²) in [5, 5.41) is 14.3. The monoisotopic (exact) mass is 741 g/mol. The normalized spacial score (nSPS) is 32.0. The highest BCUT2D eigenvalue weighted by Crippen LogP contribution is 2.49. The number of aliphatic hydroxyl groups is 1. The van der Waals surface area contributed by atoms with Gasteiger partial charge in [0.1, 0.15) is 29.6 Å². The molecule has 8 atom stereocenters. The summed E-state index contributed by atoms with van der Waals surface area (Å²) in [5.74, 6) is -2.05. The lowest BCUT2D eigenvalue weighted by Gasteiger charge is -2.41. The fraction of sp³-hybridized carbons (Fsp3) is 0.650. The standard InChI is InChI=1S/C40H59N3O8S/c1-12-29-24(3)19-28-18-23(2)14-13-15-25(4)40(48)22-31(49-37(47)41-40)26(5)35-39(9,51-35)32(21-34(45)43(11)30(29)20-28)50-36(46)27(6)42(10)33(44)16-17-38(7,8)52/h13-15,19-20,25-27,31-32,35,48,52H,12,16-18,21-22H2,1-11H3,(H,41,47)/b15-13+,23-14+. The molecule has 0 aliphatic carbocycles. The van der Waals surface area contributed by atoms with Crippen molar-refractivity contribution in [2.75, 3.05) is 19.0 Å². The van der Waals surface area contributed by atoms with Crippen molar-refractivity contribution in [3.63, 3.8) is 0 Å². The first-order valence-corrected chi connectivity index (χ1v) is 18.8. The fourth-order valence-corrected chi connectivity index (χ4v) is 7.42. The van der Waals surface area contributed by atoms with Gasteiger partial charge in [0.15, 0.2) is 0 Å². The zero-order chi connectivity index (χ0) is 38.9. The average molecular weight is 742 g/mol. The number of amides is 3. The Hall–Kier alpha value is -3.35. The van der Waals surface area contributed by atoms with Gasteiger partial charge >= 0.3 is 12.1 Å². The van der Waals surface area contributed by atoms with Crippen LogP contribution in [0.4, 0.5) is 10.5 Å². The minimum atomic E-state index is -1.58. The number of rotatable bonds is 7. The lowest BCUT2D eigenvalue weighted by atomic mass is 9.82. The van der Waals surface area contributed by atoms with Gasteiger partial charge < -0.3 is 29.1 Å². The molecule has 3 aliphatic rings. The smallest absolute Gasteiger partial charge is 0.409 e. The van der Waals surface area contributed by atoms with Crippen LogP contribution in [0.1, 0.15) is 97.8 Å². The number of alkyl carbamates (subject to hydrolysis) is 1. The van der Waals surface area contributed by atoms with Crippen LogP contribution in [0.3, 0.4) is 0 Å². The van der Waals surface area contributed by atoms with E-state index in [0.717, 1.165) is 28.0 Å². The second kappa shape index (κ2) is 15.9. The molecule has 288 valence electrons. The number of carbonyl (C=O) groups excluding carboxylic acids is 4. The highest BCUT2D eigenvalue weighted by Gasteiger charge is 2.64. The number of nitrogens with zero attached hydrogens (tertiary/aromatic N) is 2. The Kier molecular flexibility index (Phi) is 12.7. The maximum Gasteiger partial charge on any atom is 0.409 e. The van der Waals surface area contributed by atoms with Gasteiger partial charge in [0.25, 0.3) is 0 Å². The molecular weight excluding hydrogens is 683 g/mol. The van der Waals surface area contributed by atoms with Crippen molar-refractivity contribution in [1.29, 1.82) is 0 Å². The van der Waals surface area contributed by atoms with Crippen LogP contribution in [-0.4, -0.2) is 88.4 Å². The van der Waals surface area contributed by atoms with E-state index in [0.29, 0.717) is 19.3 Å². The van der Waals surface area contributed by atoms with Gasteiger partial charge in [-0.25, -0.2) is 9.59 Å². The van der Waals surface area contributed by atoms with Gasteiger partial charge in [0.2, 0.25) is 11.8 Å². The molecule has 0 saturated carbocycles. The quantitative estimate of drug-likeness (QED) is 0.180. The molecule has 0 aromatic heterocycles. The minimum Gasteiger partial charge on any atom is -0.457 e. The molecular formula is C40H59N3O8S. The second-order valence-corrected chi connectivity index (χ2v) is 17.2. The Morgan fingerprint density at radius 2 is 1.90 bits per heavy atom. The topological polar surface area (TPSA) is 138 Å². The molecule has 8 unspecified atom stereocenters. The third-order valence-electron chi connectivity index (χ3n) is 11.2. The van der Waals surface area contributed by atoms with E-state index in [1.165, 1.54) is 4.90 Å². The van der Waals surface area contributed by atoms with E-state index in [4.69, 9.17) is 14.2 Å². The van der Waals surface area contributed by atoms with Crippen molar-refractivity contribution < 1.29 is 38.5 Å². The Morgan fingerprint density at radius 3 is 2.54 bits per heavy atom. The van der Waals surface area contributed by atoms with E-state index in [1.54, 1.807) is 32.8 Å². The molecule has 52 heavy (non-hydrogen) atoms. The SMILES string of the molecule is CCc1c(C)cc2cc1N(C)C(=O)CC(OC(=O)C(C)N(C)C(=O)CCC(C)(C)S)C1(C)OC1C(C)C1CC(O)(NC(=O)O1)C(C)/C=C/C=C(\C)C2. The highest BCUT2D eigenvalue weighted by atomic mass is 32.1. The number of anilines is 1. The number of nitrogens with one attached hydrogen (secondary N) is 1. The van der Waals surface area contributed by atoms with Crippen molar-refractivity contribution in [2.24, 2.45) is 11.8 Å². The number of allylic oxidation sites excluding steroid dienone is 3. The maximum atomic E-state index is 14.2. The second-order valence-electron chi connectivity index (χ2n) is 16.0. The lowest BCUT2D eigenvalue weighted by molar-refractivity contribution is -0.162. The number of fused-ring (bicyclic) bond motifs is 5. The molecule has 4 rings (SSSR count). The van der Waals surface area contributed by atoms with Gasteiger partial charge in [-0.3, -0.25) is 14.9 Å². The van der Waals surface area contributed by atoms with Gasteiger partial charge in [-0.15, -0.1) is 0 Å². The first-order chi connectivity index (χ1) is 24.1. The van der Waals surface area contributed by atoms with E-state index in [-0.39, 0.29) is 35.8 Å². The number of aryl methyl sites for hydroxylation is 1. The van der Waals surface area contributed by atoms with Crippen LogP contribution in [0.15, 0.2) is 35.9 Å². The number of benzene rings is 1. The summed E-state index contributed by atoms with van der Waals surface area (Å²) in [7, 11) is 3.30. The number of epoxide rings is 1. The predicted molar refractivity (Wildman–Crippen MR) is 204 cm³/mol. The van der Waals surface area contributed by atoms with Crippen LogP contribution in [0.5, 0.6) is 0 Å². The van der Waals surface area contributed by atoms with Crippen LogP contribution in [0.25, 0.3) is 0 Å². The predicted octanol–water partition coefficient (Wildman–Crippen LogP) is 5.83. The summed E-state index contributed by atoms with van der Waals surface area (Å²) in [6.07, 6.45) is 4.64. The van der Waals surface area contributed by atoms with Crippen molar-refractivity contribution in [1.82, 2.24) is 10.2 Å². The Labute approximate surface area is 314 Å². The summed E-state index contributed by atoms with van der Waals surface area (Å²) in [4.78, 5) is 56.8. The molecule has 0 spiro atoms. The number of carbonyl (C=O) groups is 4. The molecule has 1 aromatic rings. The third kappa shape index (κ3) is 9.41. The molecule has 3 aliphatic heterocycles. The summed E-state index contributed by atoms with van der Waals surface area (Å²) in [6, 6.07) is 3.24. The Bertz CT molecular complexity index is 1600. The van der Waals surface area contributed by atoms with Crippen LogP contribution >= 0.6 is 12.6 Å². The van der Waals surface area contributed by atoms with Crippen LogP contribution in [-0.2, 0) is 41.4 Å². The number of hydrogen-bond donors (Lipinski definition) is 3. The Balaban J connectivity index is 1.73. The van der Waals surface area contributed by atoms with Crippen molar-refractivity contribution >= 4 is 42.2 Å². The van der Waals surface area contributed by atoms with Gasteiger partial charge in [-0.1, -0.05) is 64.5 Å². The van der Waals surface area contributed by atoms with Crippen molar-refractivity contribution in [2.45, 2.75) is 141 Å². The fourth-order valence-electron chi connectivity index (χ4n) is 7.31. The molecule has 3 amide bonds. The molecule has 12 heteroatoms. The van der Waals surface area contributed by atoms with E-state index in [2.05, 4.69) is 30.9 Å². The molecule has 2 N–H and O–H groups in total.